The maximum Gasteiger partial charge on any atom is 0.243 e. The summed E-state index contributed by atoms with van der Waals surface area (Å²) in [5.74, 6) is 1.51. The Morgan fingerprint density at radius 1 is 1.17 bits per heavy atom. The molecule has 23 heavy (non-hydrogen) atoms. The van der Waals surface area contributed by atoms with E-state index in [9.17, 15) is 0 Å². The standard InChI is InChI=1S/C16H16N6O/c1-23-13-6-4-11(5-7-13)15-9-14(12-3-2-8-17-10-12)18-16-19-20-21-22(15)16/h2-8,10,14-15H,9H2,1H3,(H,18,19,21)/t14-,15+/m0/s1. The lowest BCUT2D eigenvalue weighted by Crippen LogP contribution is -2.28. The van der Waals surface area contributed by atoms with Crippen molar-refractivity contribution in [3.63, 3.8) is 0 Å². The van der Waals surface area contributed by atoms with Gasteiger partial charge < -0.3 is 10.1 Å². The van der Waals surface area contributed by atoms with Crippen LogP contribution in [0.25, 0.3) is 0 Å². The van der Waals surface area contributed by atoms with E-state index in [-0.39, 0.29) is 12.1 Å². The van der Waals surface area contributed by atoms with Crippen molar-refractivity contribution in [2.45, 2.75) is 18.5 Å². The zero-order chi connectivity index (χ0) is 15.6. The first kappa shape index (κ1) is 13.7. The number of benzene rings is 1. The Bertz CT molecular complexity index is 786. The molecule has 7 heteroatoms. The summed E-state index contributed by atoms with van der Waals surface area (Å²) >= 11 is 0. The highest BCUT2D eigenvalue weighted by Crippen LogP contribution is 2.37. The van der Waals surface area contributed by atoms with Crippen LogP contribution in [0, 0.1) is 0 Å². The molecule has 2 atom stereocenters. The number of rotatable bonds is 3. The van der Waals surface area contributed by atoms with Crippen LogP contribution in [0.5, 0.6) is 5.75 Å². The summed E-state index contributed by atoms with van der Waals surface area (Å²) in [4.78, 5) is 4.21. The predicted molar refractivity (Wildman–Crippen MR) is 84.2 cm³/mol. The first-order chi connectivity index (χ1) is 11.3. The highest BCUT2D eigenvalue weighted by atomic mass is 16.5. The number of fused-ring (bicyclic) bond motifs is 1. The predicted octanol–water partition coefficient (Wildman–Crippen LogP) is 2.22. The zero-order valence-corrected chi connectivity index (χ0v) is 12.6. The van der Waals surface area contributed by atoms with Gasteiger partial charge in [0.2, 0.25) is 5.95 Å². The first-order valence-corrected chi connectivity index (χ1v) is 7.43. The van der Waals surface area contributed by atoms with Crippen molar-refractivity contribution < 1.29 is 4.74 Å². The molecule has 1 aliphatic rings. The lowest BCUT2D eigenvalue weighted by atomic mass is 9.94. The molecule has 7 nitrogen and oxygen atoms in total. The van der Waals surface area contributed by atoms with Crippen molar-refractivity contribution in [3.8, 4) is 5.75 Å². The van der Waals surface area contributed by atoms with E-state index in [1.165, 1.54) is 0 Å². The highest BCUT2D eigenvalue weighted by molar-refractivity contribution is 5.38. The van der Waals surface area contributed by atoms with Gasteiger partial charge in [-0.15, -0.1) is 0 Å². The maximum absolute atomic E-state index is 5.23. The van der Waals surface area contributed by atoms with Gasteiger partial charge in [0.1, 0.15) is 5.75 Å². The SMILES string of the molecule is COc1ccc([C@H]2C[C@@H](c3cccnc3)Nc3nnnn32)cc1. The third kappa shape index (κ3) is 2.50. The Hall–Kier alpha value is -2.96. The summed E-state index contributed by atoms with van der Waals surface area (Å²) < 4.78 is 7.06. The second-order valence-corrected chi connectivity index (χ2v) is 5.46. The number of anilines is 1. The molecule has 0 fully saturated rings. The number of nitrogens with zero attached hydrogens (tertiary/aromatic N) is 5. The van der Waals surface area contributed by atoms with Crippen LogP contribution in [0.2, 0.25) is 0 Å². The van der Waals surface area contributed by atoms with E-state index in [1.807, 2.05) is 29.1 Å². The third-order valence-corrected chi connectivity index (χ3v) is 4.14. The molecule has 0 saturated carbocycles. The molecule has 3 heterocycles. The average molecular weight is 308 g/mol. The molecular formula is C16H16N6O. The molecule has 0 unspecified atom stereocenters. The van der Waals surface area contributed by atoms with Gasteiger partial charge in [0.25, 0.3) is 0 Å². The van der Waals surface area contributed by atoms with Crippen LogP contribution in [-0.2, 0) is 0 Å². The average Bonchev–Trinajstić information content (AvgIpc) is 3.10. The molecule has 2 aromatic heterocycles. The van der Waals surface area contributed by atoms with Gasteiger partial charge in [0.05, 0.1) is 19.2 Å². The minimum Gasteiger partial charge on any atom is -0.497 e. The van der Waals surface area contributed by atoms with E-state index in [0.717, 1.165) is 23.3 Å². The van der Waals surface area contributed by atoms with E-state index in [2.05, 4.69) is 44.0 Å². The van der Waals surface area contributed by atoms with Gasteiger partial charge in [-0.1, -0.05) is 23.3 Å². The van der Waals surface area contributed by atoms with Crippen molar-refractivity contribution in [2.75, 3.05) is 12.4 Å². The fourth-order valence-electron chi connectivity index (χ4n) is 2.94. The van der Waals surface area contributed by atoms with Crippen molar-refractivity contribution >= 4 is 5.95 Å². The second kappa shape index (κ2) is 5.68. The fourth-order valence-corrected chi connectivity index (χ4v) is 2.94. The monoisotopic (exact) mass is 308 g/mol. The maximum atomic E-state index is 5.23. The third-order valence-electron chi connectivity index (χ3n) is 4.14. The Morgan fingerprint density at radius 2 is 2.04 bits per heavy atom. The van der Waals surface area contributed by atoms with Gasteiger partial charge in [-0.05, 0) is 46.2 Å². The van der Waals surface area contributed by atoms with E-state index in [1.54, 1.807) is 13.3 Å². The van der Waals surface area contributed by atoms with Gasteiger partial charge in [0.15, 0.2) is 0 Å². The van der Waals surface area contributed by atoms with Crippen LogP contribution in [0.3, 0.4) is 0 Å². The van der Waals surface area contributed by atoms with Gasteiger partial charge >= 0.3 is 0 Å². The van der Waals surface area contributed by atoms with Gasteiger partial charge in [0, 0.05) is 12.4 Å². The molecule has 116 valence electrons. The topological polar surface area (TPSA) is 77.8 Å². The molecule has 1 aromatic carbocycles. The molecule has 0 bridgehead atoms. The Morgan fingerprint density at radius 3 is 2.78 bits per heavy atom. The number of tetrazole rings is 1. The molecule has 1 N–H and O–H groups in total. The van der Waals surface area contributed by atoms with Crippen LogP contribution < -0.4 is 10.1 Å². The fraction of sp³-hybridized carbons (Fsp3) is 0.250. The second-order valence-electron chi connectivity index (χ2n) is 5.46. The Labute approximate surface area is 133 Å². The van der Waals surface area contributed by atoms with Crippen LogP contribution in [-0.4, -0.2) is 32.3 Å². The van der Waals surface area contributed by atoms with E-state index in [4.69, 9.17) is 4.74 Å². The van der Waals surface area contributed by atoms with Crippen molar-refractivity contribution in [3.05, 3.63) is 59.9 Å². The lowest BCUT2D eigenvalue weighted by molar-refractivity contribution is 0.410. The number of hydrogen-bond donors (Lipinski definition) is 1. The normalized spacial score (nSPS) is 19.7. The number of hydrogen-bond acceptors (Lipinski definition) is 6. The molecule has 3 aromatic rings. The van der Waals surface area contributed by atoms with Crippen LogP contribution in [0.15, 0.2) is 48.8 Å². The molecule has 0 saturated heterocycles. The van der Waals surface area contributed by atoms with Crippen LogP contribution >= 0.6 is 0 Å². The van der Waals surface area contributed by atoms with Gasteiger partial charge in [-0.3, -0.25) is 4.98 Å². The number of methoxy groups -OCH3 is 1. The lowest BCUT2D eigenvalue weighted by Gasteiger charge is -2.30. The number of pyridine rings is 1. The van der Waals surface area contributed by atoms with Gasteiger partial charge in [-0.25, -0.2) is 4.68 Å². The van der Waals surface area contributed by atoms with Crippen LogP contribution in [0.4, 0.5) is 5.95 Å². The number of aromatic nitrogens is 5. The van der Waals surface area contributed by atoms with Crippen molar-refractivity contribution in [1.29, 1.82) is 0 Å². The molecular weight excluding hydrogens is 292 g/mol. The summed E-state index contributed by atoms with van der Waals surface area (Å²) in [5, 5.41) is 15.4. The summed E-state index contributed by atoms with van der Waals surface area (Å²) in [5.41, 5.74) is 2.27. The summed E-state index contributed by atoms with van der Waals surface area (Å²) in [6, 6.07) is 12.2. The molecule has 0 aliphatic carbocycles. The quantitative estimate of drug-likeness (QED) is 0.799. The Balaban J connectivity index is 1.70. The first-order valence-electron chi connectivity index (χ1n) is 7.43. The highest BCUT2D eigenvalue weighted by Gasteiger charge is 2.30. The molecule has 0 radical (unpaired) electrons. The van der Waals surface area contributed by atoms with Crippen molar-refractivity contribution in [2.24, 2.45) is 0 Å². The van der Waals surface area contributed by atoms with Crippen LogP contribution in [0.1, 0.15) is 29.6 Å². The Kier molecular flexibility index (Phi) is 3.38. The summed E-state index contributed by atoms with van der Waals surface area (Å²) in [6.07, 6.45) is 4.50. The minimum absolute atomic E-state index is 0.0670. The van der Waals surface area contributed by atoms with E-state index >= 15 is 0 Å². The zero-order valence-electron chi connectivity index (χ0n) is 12.6. The van der Waals surface area contributed by atoms with E-state index < -0.39 is 0 Å². The number of nitrogens with one attached hydrogen (secondary N) is 1. The summed E-state index contributed by atoms with van der Waals surface area (Å²) in [6.45, 7) is 0. The number of ether oxygens (including phenoxy) is 1. The van der Waals surface area contributed by atoms with Crippen molar-refractivity contribution in [1.82, 2.24) is 25.2 Å². The molecule has 0 spiro atoms. The summed E-state index contributed by atoms with van der Waals surface area (Å²) in [7, 11) is 1.66. The molecule has 1 aliphatic heterocycles. The molecule has 0 amide bonds. The molecule has 4 rings (SSSR count). The largest absolute Gasteiger partial charge is 0.497 e. The van der Waals surface area contributed by atoms with E-state index in [0.29, 0.717) is 5.95 Å². The smallest absolute Gasteiger partial charge is 0.243 e. The van der Waals surface area contributed by atoms with Gasteiger partial charge in [-0.2, -0.15) is 0 Å². The minimum atomic E-state index is 0.0670.